The molecule has 1 spiro atoms. The first-order valence-corrected chi connectivity index (χ1v) is 7.82. The molecule has 2 N–H and O–H groups in total. The normalized spacial score (nSPS) is 18.0. The van der Waals surface area contributed by atoms with Crippen LogP contribution >= 0.6 is 0 Å². The van der Waals surface area contributed by atoms with Crippen LogP contribution in [0.4, 0.5) is 11.4 Å². The van der Waals surface area contributed by atoms with Crippen molar-refractivity contribution in [3.8, 4) is 11.1 Å². The number of rotatable bonds is 1. The van der Waals surface area contributed by atoms with E-state index in [9.17, 15) is 10.1 Å². The fourth-order valence-corrected chi connectivity index (χ4v) is 4.36. The average molecular weight is 294 g/mol. The Balaban J connectivity index is 2.03. The number of nitro benzene ring substituents is 1. The number of hydrogen-bond donors (Lipinski definition) is 1. The number of fused-ring (bicyclic) bond motifs is 5. The van der Waals surface area contributed by atoms with Gasteiger partial charge in [0.2, 0.25) is 0 Å². The van der Waals surface area contributed by atoms with Crippen LogP contribution in [0.1, 0.15) is 43.2 Å². The Labute approximate surface area is 129 Å². The highest BCUT2D eigenvalue weighted by molar-refractivity contribution is 5.85. The molecule has 0 bridgehead atoms. The van der Waals surface area contributed by atoms with Crippen molar-refractivity contribution in [2.75, 3.05) is 5.73 Å². The van der Waals surface area contributed by atoms with Gasteiger partial charge in [0, 0.05) is 11.5 Å². The first kappa shape index (κ1) is 13.3. The van der Waals surface area contributed by atoms with E-state index < -0.39 is 0 Å². The van der Waals surface area contributed by atoms with Crippen LogP contribution in [0, 0.1) is 10.1 Å². The van der Waals surface area contributed by atoms with E-state index >= 15 is 0 Å². The number of nitrogen functional groups attached to an aromatic ring is 1. The maximum atomic E-state index is 11.2. The van der Waals surface area contributed by atoms with E-state index in [4.69, 9.17) is 5.73 Å². The van der Waals surface area contributed by atoms with E-state index in [-0.39, 0.29) is 21.7 Å². The molecule has 2 aliphatic carbocycles. The van der Waals surface area contributed by atoms with E-state index in [1.165, 1.54) is 30.4 Å². The quantitative estimate of drug-likeness (QED) is 0.481. The third kappa shape index (κ3) is 1.64. The van der Waals surface area contributed by atoms with Crippen LogP contribution in [-0.4, -0.2) is 4.92 Å². The molecule has 0 amide bonds. The zero-order valence-electron chi connectivity index (χ0n) is 12.3. The molecule has 2 aromatic rings. The number of benzene rings is 2. The Bertz CT molecular complexity index is 777. The predicted octanol–water partition coefficient (Wildman–Crippen LogP) is 4.41. The van der Waals surface area contributed by atoms with Gasteiger partial charge in [0.25, 0.3) is 5.69 Å². The molecule has 4 rings (SSSR count). The van der Waals surface area contributed by atoms with Crippen molar-refractivity contribution in [1.82, 2.24) is 0 Å². The lowest BCUT2D eigenvalue weighted by Gasteiger charge is -2.36. The third-order valence-electron chi connectivity index (χ3n) is 5.32. The minimum atomic E-state index is -0.385. The fourth-order valence-electron chi connectivity index (χ4n) is 4.36. The Morgan fingerprint density at radius 1 is 1.00 bits per heavy atom. The highest BCUT2D eigenvalue weighted by Gasteiger charge is 2.44. The molecule has 2 aliphatic rings. The zero-order valence-corrected chi connectivity index (χ0v) is 12.3. The lowest BCUT2D eigenvalue weighted by atomic mass is 9.68. The molecule has 0 saturated heterocycles. The number of anilines is 1. The fraction of sp³-hybridized carbons (Fsp3) is 0.333. The van der Waals surface area contributed by atoms with Gasteiger partial charge in [-0.25, -0.2) is 0 Å². The molecule has 1 saturated carbocycles. The summed E-state index contributed by atoms with van der Waals surface area (Å²) in [6, 6.07) is 11.9. The van der Waals surface area contributed by atoms with Gasteiger partial charge in [0.05, 0.1) is 4.92 Å². The molecule has 0 radical (unpaired) electrons. The molecule has 0 unspecified atom stereocenters. The second-order valence-electron chi connectivity index (χ2n) is 6.40. The van der Waals surface area contributed by atoms with Crippen molar-refractivity contribution >= 4 is 11.4 Å². The zero-order chi connectivity index (χ0) is 15.3. The highest BCUT2D eigenvalue weighted by atomic mass is 16.6. The van der Waals surface area contributed by atoms with Crippen LogP contribution < -0.4 is 5.73 Å². The Morgan fingerprint density at radius 2 is 1.73 bits per heavy atom. The van der Waals surface area contributed by atoms with Crippen LogP contribution in [0.3, 0.4) is 0 Å². The van der Waals surface area contributed by atoms with Crippen LogP contribution in [0.2, 0.25) is 0 Å². The summed E-state index contributed by atoms with van der Waals surface area (Å²) < 4.78 is 0. The molecular weight excluding hydrogens is 276 g/mol. The summed E-state index contributed by atoms with van der Waals surface area (Å²) in [7, 11) is 0. The van der Waals surface area contributed by atoms with E-state index in [0.29, 0.717) is 0 Å². The summed E-state index contributed by atoms with van der Waals surface area (Å²) >= 11 is 0. The van der Waals surface area contributed by atoms with Crippen molar-refractivity contribution in [3.63, 3.8) is 0 Å². The molecule has 2 aromatic carbocycles. The van der Waals surface area contributed by atoms with Gasteiger partial charge in [-0.1, -0.05) is 43.5 Å². The number of hydrogen-bond acceptors (Lipinski definition) is 3. The average Bonchev–Trinajstić information content (AvgIpc) is 2.78. The Hall–Kier alpha value is -2.36. The van der Waals surface area contributed by atoms with Gasteiger partial charge in [0.1, 0.15) is 5.69 Å². The number of nitrogens with two attached hydrogens (primary N) is 1. The highest BCUT2D eigenvalue weighted by Crippen LogP contribution is 2.56. The van der Waals surface area contributed by atoms with Crippen LogP contribution in [0.5, 0.6) is 0 Å². The first-order valence-electron chi connectivity index (χ1n) is 7.82. The largest absolute Gasteiger partial charge is 0.393 e. The Morgan fingerprint density at radius 3 is 2.45 bits per heavy atom. The molecule has 112 valence electrons. The minimum absolute atomic E-state index is 0.00737. The molecular formula is C18H18N2O2. The first-order chi connectivity index (χ1) is 10.6. The van der Waals surface area contributed by atoms with Crippen LogP contribution in [0.15, 0.2) is 36.4 Å². The topological polar surface area (TPSA) is 69.2 Å². The summed E-state index contributed by atoms with van der Waals surface area (Å²) in [6.45, 7) is 0. The third-order valence-corrected chi connectivity index (χ3v) is 5.32. The monoisotopic (exact) mass is 294 g/mol. The standard InChI is InChI=1S/C18H18N2O2/c19-16-11-15-13(10-17(16)20(21)22)12-6-2-3-7-14(12)18(15)8-4-1-5-9-18/h2-3,6-7,10-11H,1,4-5,8-9,19H2. The van der Waals surface area contributed by atoms with E-state index in [0.717, 1.165) is 24.0 Å². The summed E-state index contributed by atoms with van der Waals surface area (Å²) in [6.07, 6.45) is 5.87. The molecule has 1 fully saturated rings. The molecule has 0 aliphatic heterocycles. The van der Waals surface area contributed by atoms with Crippen molar-refractivity contribution in [1.29, 1.82) is 0 Å². The summed E-state index contributed by atoms with van der Waals surface area (Å²) in [5.74, 6) is 0. The summed E-state index contributed by atoms with van der Waals surface area (Å²) in [5.41, 5.74) is 10.9. The second kappa shape index (κ2) is 4.57. The summed E-state index contributed by atoms with van der Waals surface area (Å²) in [5, 5.41) is 11.2. The van der Waals surface area contributed by atoms with Gasteiger partial charge in [-0.2, -0.15) is 0 Å². The van der Waals surface area contributed by atoms with E-state index in [1.807, 2.05) is 12.1 Å². The van der Waals surface area contributed by atoms with Crippen LogP contribution in [-0.2, 0) is 5.41 Å². The van der Waals surface area contributed by atoms with Gasteiger partial charge >= 0.3 is 0 Å². The second-order valence-corrected chi connectivity index (χ2v) is 6.40. The lowest BCUT2D eigenvalue weighted by Crippen LogP contribution is -2.28. The number of nitrogens with zero attached hydrogens (tertiary/aromatic N) is 1. The van der Waals surface area contributed by atoms with Gasteiger partial charge in [-0.15, -0.1) is 0 Å². The van der Waals surface area contributed by atoms with E-state index in [2.05, 4.69) is 18.2 Å². The molecule has 22 heavy (non-hydrogen) atoms. The van der Waals surface area contributed by atoms with Gasteiger partial charge in [0.15, 0.2) is 0 Å². The Kier molecular flexibility index (Phi) is 2.76. The molecule has 0 aromatic heterocycles. The van der Waals surface area contributed by atoms with Crippen LogP contribution in [0.25, 0.3) is 11.1 Å². The predicted molar refractivity (Wildman–Crippen MR) is 86.8 cm³/mol. The summed E-state index contributed by atoms with van der Waals surface area (Å²) in [4.78, 5) is 10.8. The van der Waals surface area contributed by atoms with Crippen molar-refractivity contribution in [2.24, 2.45) is 0 Å². The molecule has 0 atom stereocenters. The van der Waals surface area contributed by atoms with Gasteiger partial charge in [-0.05, 0) is 41.2 Å². The van der Waals surface area contributed by atoms with Gasteiger partial charge in [-0.3, -0.25) is 10.1 Å². The van der Waals surface area contributed by atoms with Crippen molar-refractivity contribution in [2.45, 2.75) is 37.5 Å². The molecule has 0 heterocycles. The minimum Gasteiger partial charge on any atom is -0.393 e. The SMILES string of the molecule is Nc1cc2c(cc1[N+](=O)[O-])-c1ccccc1C21CCCCC1. The smallest absolute Gasteiger partial charge is 0.292 e. The maximum absolute atomic E-state index is 11.2. The maximum Gasteiger partial charge on any atom is 0.292 e. The molecule has 4 heteroatoms. The van der Waals surface area contributed by atoms with Gasteiger partial charge < -0.3 is 5.73 Å². The molecule has 4 nitrogen and oxygen atoms in total. The lowest BCUT2D eigenvalue weighted by molar-refractivity contribution is -0.383. The van der Waals surface area contributed by atoms with Crippen molar-refractivity contribution < 1.29 is 4.92 Å². The number of nitro groups is 1. The van der Waals surface area contributed by atoms with E-state index in [1.54, 1.807) is 6.07 Å². The van der Waals surface area contributed by atoms with Crippen molar-refractivity contribution in [3.05, 3.63) is 57.6 Å².